The molecule has 3 aliphatic rings. The van der Waals surface area contributed by atoms with Crippen LogP contribution in [0.4, 0.5) is 14.6 Å². The van der Waals surface area contributed by atoms with Gasteiger partial charge in [-0.15, -0.1) is 0 Å². The molecule has 23 heavy (non-hydrogen) atoms. The first-order valence-electron chi connectivity index (χ1n) is 7.68. The Labute approximate surface area is 137 Å². The van der Waals surface area contributed by atoms with E-state index in [1.165, 1.54) is 11.1 Å². The van der Waals surface area contributed by atoms with Gasteiger partial charge in [-0.2, -0.15) is 0 Å². The summed E-state index contributed by atoms with van der Waals surface area (Å²) in [7, 11) is 0. The largest absolute Gasteiger partial charge is 0.488 e. The highest BCUT2D eigenvalue weighted by Gasteiger charge is 2.54. The molecule has 124 valence electrons. The molecule has 0 aliphatic carbocycles. The van der Waals surface area contributed by atoms with Crippen molar-refractivity contribution < 1.29 is 18.3 Å². The minimum absolute atomic E-state index is 0.176. The topological polar surface area (TPSA) is 45.7 Å². The number of piperidine rings is 1. The lowest BCUT2D eigenvalue weighted by atomic mass is 9.92. The van der Waals surface area contributed by atoms with Crippen molar-refractivity contribution >= 4 is 23.3 Å². The van der Waals surface area contributed by atoms with Crippen LogP contribution >= 0.6 is 11.6 Å². The summed E-state index contributed by atoms with van der Waals surface area (Å²) in [5.74, 6) is -2.33. The number of rotatable bonds is 1. The summed E-state index contributed by atoms with van der Waals surface area (Å²) in [6.07, 6.45) is 2.63. The number of fused-ring (bicyclic) bond motifs is 3. The zero-order chi connectivity index (χ0) is 16.2. The molecule has 0 bridgehead atoms. The Morgan fingerprint density at radius 3 is 2.96 bits per heavy atom. The Bertz CT molecular complexity index is 658. The molecule has 1 aromatic rings. The average molecular weight is 344 g/mol. The van der Waals surface area contributed by atoms with Crippen LogP contribution < -0.4 is 9.64 Å². The van der Waals surface area contributed by atoms with Gasteiger partial charge in [0.15, 0.2) is 11.6 Å². The number of hydrogen-bond acceptors (Lipinski definition) is 4. The fourth-order valence-electron chi connectivity index (χ4n) is 3.70. The van der Waals surface area contributed by atoms with Gasteiger partial charge in [0.05, 0.1) is 23.7 Å². The summed E-state index contributed by atoms with van der Waals surface area (Å²) in [6.45, 7) is 0.248. The number of alkyl halides is 2. The van der Waals surface area contributed by atoms with E-state index in [1.807, 2.05) is 0 Å². The van der Waals surface area contributed by atoms with E-state index in [1.54, 1.807) is 11.0 Å². The molecule has 2 unspecified atom stereocenters. The number of nitrogens with zero attached hydrogens (tertiary/aromatic N) is 3. The number of aromatic nitrogens is 1. The number of halogens is 3. The molecule has 4 heterocycles. The third-order valence-electron chi connectivity index (χ3n) is 4.79. The van der Waals surface area contributed by atoms with Gasteiger partial charge in [-0.3, -0.25) is 4.79 Å². The monoisotopic (exact) mass is 343 g/mol. The molecule has 2 atom stereocenters. The standard InChI is InChI=1S/C15H16ClF2N3O2/c16-9-4-11-14(19-6-9)21-8-15(17,18)12(5-10(21)7-23-11)20-3-1-2-13(20)22/h4,6,10,12H,1-3,5,7-8H2. The van der Waals surface area contributed by atoms with E-state index >= 15 is 0 Å². The number of likely N-dealkylation sites (tertiary alicyclic amines) is 1. The molecule has 1 aromatic heterocycles. The lowest BCUT2D eigenvalue weighted by Crippen LogP contribution is -2.64. The van der Waals surface area contributed by atoms with E-state index in [0.717, 1.165) is 0 Å². The quantitative estimate of drug-likeness (QED) is 0.785. The molecule has 4 rings (SSSR count). The van der Waals surface area contributed by atoms with Gasteiger partial charge < -0.3 is 14.5 Å². The molecule has 0 N–H and O–H groups in total. The maximum Gasteiger partial charge on any atom is 0.285 e. The third kappa shape index (κ3) is 2.41. The van der Waals surface area contributed by atoms with Crippen LogP contribution in [0.5, 0.6) is 5.75 Å². The summed E-state index contributed by atoms with van der Waals surface area (Å²) in [4.78, 5) is 19.0. The SMILES string of the molecule is O=C1CCCN1C1CC2COc3cc(Cl)cnc3N2CC1(F)F. The smallest absolute Gasteiger partial charge is 0.285 e. The first-order chi connectivity index (χ1) is 11.0. The third-order valence-corrected chi connectivity index (χ3v) is 5.00. The second-order valence-electron chi connectivity index (χ2n) is 6.27. The van der Waals surface area contributed by atoms with Gasteiger partial charge in [0.2, 0.25) is 5.91 Å². The molecule has 8 heteroatoms. The van der Waals surface area contributed by atoms with Crippen LogP contribution in [0.25, 0.3) is 0 Å². The Hall–Kier alpha value is -1.63. The summed E-state index contributed by atoms with van der Waals surface area (Å²) in [5.41, 5.74) is 0. The minimum Gasteiger partial charge on any atom is -0.488 e. The van der Waals surface area contributed by atoms with Gasteiger partial charge in [-0.25, -0.2) is 13.8 Å². The molecular weight excluding hydrogens is 328 g/mol. The Morgan fingerprint density at radius 2 is 2.22 bits per heavy atom. The number of amides is 1. The molecule has 0 spiro atoms. The zero-order valence-electron chi connectivity index (χ0n) is 12.3. The van der Waals surface area contributed by atoms with E-state index in [2.05, 4.69) is 4.98 Å². The highest BCUT2D eigenvalue weighted by atomic mass is 35.5. The van der Waals surface area contributed by atoms with E-state index in [4.69, 9.17) is 16.3 Å². The van der Waals surface area contributed by atoms with Crippen molar-refractivity contribution in [2.75, 3.05) is 24.6 Å². The lowest BCUT2D eigenvalue weighted by Gasteiger charge is -2.48. The summed E-state index contributed by atoms with van der Waals surface area (Å²) in [5, 5.41) is 0.409. The number of hydrogen-bond donors (Lipinski definition) is 0. The van der Waals surface area contributed by atoms with E-state index < -0.39 is 18.5 Å². The van der Waals surface area contributed by atoms with Gasteiger partial charge in [-0.05, 0) is 12.8 Å². The minimum atomic E-state index is -2.98. The molecule has 5 nitrogen and oxygen atoms in total. The van der Waals surface area contributed by atoms with Crippen molar-refractivity contribution in [2.24, 2.45) is 0 Å². The van der Waals surface area contributed by atoms with Crippen LogP contribution in [-0.2, 0) is 4.79 Å². The van der Waals surface area contributed by atoms with Crippen molar-refractivity contribution in [1.82, 2.24) is 9.88 Å². The van der Waals surface area contributed by atoms with Crippen LogP contribution in [0.15, 0.2) is 12.3 Å². The number of anilines is 1. The van der Waals surface area contributed by atoms with E-state index in [-0.39, 0.29) is 18.4 Å². The maximum atomic E-state index is 14.7. The fourth-order valence-corrected chi connectivity index (χ4v) is 3.85. The van der Waals surface area contributed by atoms with Gasteiger partial charge in [0.1, 0.15) is 6.61 Å². The van der Waals surface area contributed by atoms with Crippen molar-refractivity contribution in [2.45, 2.75) is 37.3 Å². The normalized spacial score (nSPS) is 29.1. The number of pyridine rings is 1. The predicted octanol–water partition coefficient (Wildman–Crippen LogP) is 2.33. The van der Waals surface area contributed by atoms with Gasteiger partial charge in [0.25, 0.3) is 5.92 Å². The van der Waals surface area contributed by atoms with E-state index in [9.17, 15) is 13.6 Å². The van der Waals surface area contributed by atoms with Crippen molar-refractivity contribution in [3.63, 3.8) is 0 Å². The van der Waals surface area contributed by atoms with E-state index in [0.29, 0.717) is 42.6 Å². The summed E-state index contributed by atoms with van der Waals surface area (Å²) >= 11 is 5.88. The molecule has 2 fully saturated rings. The number of carbonyl (C=O) groups is 1. The Kier molecular flexibility index (Phi) is 3.37. The Morgan fingerprint density at radius 1 is 1.39 bits per heavy atom. The van der Waals surface area contributed by atoms with Crippen LogP contribution in [0.1, 0.15) is 19.3 Å². The molecule has 1 amide bonds. The molecule has 0 saturated carbocycles. The average Bonchev–Trinajstić information content (AvgIpc) is 2.91. The van der Waals surface area contributed by atoms with Gasteiger partial charge in [0, 0.05) is 25.2 Å². The van der Waals surface area contributed by atoms with Crippen LogP contribution in [0.2, 0.25) is 5.02 Å². The van der Waals surface area contributed by atoms with Crippen molar-refractivity contribution in [1.29, 1.82) is 0 Å². The van der Waals surface area contributed by atoms with Gasteiger partial charge >= 0.3 is 0 Å². The molecule has 3 aliphatic heterocycles. The first kappa shape index (κ1) is 14.9. The molecular formula is C15H16ClF2N3O2. The van der Waals surface area contributed by atoms with Crippen LogP contribution in [-0.4, -0.2) is 53.5 Å². The van der Waals surface area contributed by atoms with Gasteiger partial charge in [-0.1, -0.05) is 11.6 Å². The zero-order valence-corrected chi connectivity index (χ0v) is 13.1. The van der Waals surface area contributed by atoms with Crippen molar-refractivity contribution in [3.8, 4) is 5.75 Å². The summed E-state index contributed by atoms with van der Waals surface area (Å²) in [6, 6.07) is 0.319. The Balaban J connectivity index is 1.64. The number of ether oxygens (including phenoxy) is 1. The second-order valence-corrected chi connectivity index (χ2v) is 6.71. The van der Waals surface area contributed by atoms with Crippen molar-refractivity contribution in [3.05, 3.63) is 17.3 Å². The second kappa shape index (κ2) is 5.19. The number of carbonyl (C=O) groups excluding carboxylic acids is 1. The molecule has 2 saturated heterocycles. The first-order valence-corrected chi connectivity index (χ1v) is 8.06. The summed E-state index contributed by atoms with van der Waals surface area (Å²) < 4.78 is 35.1. The van der Waals surface area contributed by atoms with Crippen LogP contribution in [0.3, 0.4) is 0 Å². The molecule has 0 radical (unpaired) electrons. The van der Waals surface area contributed by atoms with Crippen LogP contribution in [0, 0.1) is 0 Å². The maximum absolute atomic E-state index is 14.7. The highest BCUT2D eigenvalue weighted by molar-refractivity contribution is 6.30. The lowest BCUT2D eigenvalue weighted by molar-refractivity contribution is -0.143. The fraction of sp³-hybridized carbons (Fsp3) is 0.600. The highest BCUT2D eigenvalue weighted by Crippen LogP contribution is 2.42. The molecule has 0 aromatic carbocycles. The predicted molar refractivity (Wildman–Crippen MR) is 80.2 cm³/mol.